The fourth-order valence-corrected chi connectivity index (χ4v) is 4.12. The lowest BCUT2D eigenvalue weighted by molar-refractivity contribution is -0.106. The van der Waals surface area contributed by atoms with Crippen molar-refractivity contribution in [2.45, 2.75) is 43.9 Å². The molecular formula is C20H23NO4. The number of amides is 1. The van der Waals surface area contributed by atoms with Crippen LogP contribution in [-0.4, -0.2) is 48.8 Å². The van der Waals surface area contributed by atoms with Gasteiger partial charge < -0.3 is 18.8 Å². The van der Waals surface area contributed by atoms with Crippen molar-refractivity contribution in [2.24, 2.45) is 5.92 Å². The zero-order chi connectivity index (χ0) is 16.8. The molecule has 1 aliphatic heterocycles. The monoisotopic (exact) mass is 341 g/mol. The molecule has 2 aromatic rings. The Hall–Kier alpha value is -1.85. The smallest absolute Gasteiger partial charge is 0.290 e. The number of benzene rings is 1. The number of para-hydroxylation sites is 1. The number of carbonyl (C=O) groups is 1. The van der Waals surface area contributed by atoms with E-state index >= 15 is 0 Å². The first-order chi connectivity index (χ1) is 12.3. The van der Waals surface area contributed by atoms with Crippen molar-refractivity contribution in [2.75, 3.05) is 19.8 Å². The highest BCUT2D eigenvalue weighted by atomic mass is 16.5. The number of furan rings is 1. The number of hydrogen-bond donors (Lipinski definition) is 0. The maximum atomic E-state index is 13.0. The predicted octanol–water partition coefficient (Wildman–Crippen LogP) is 3.23. The fourth-order valence-electron chi connectivity index (χ4n) is 4.12. The van der Waals surface area contributed by atoms with Crippen LogP contribution in [0.1, 0.15) is 36.2 Å². The Kier molecular flexibility index (Phi) is 3.79. The van der Waals surface area contributed by atoms with E-state index in [1.165, 1.54) is 12.8 Å². The lowest BCUT2D eigenvalue weighted by atomic mass is 10.1. The Bertz CT molecular complexity index is 748. The summed E-state index contributed by atoms with van der Waals surface area (Å²) in [7, 11) is 0. The molecule has 0 unspecified atom stereocenters. The third-order valence-electron chi connectivity index (χ3n) is 5.68. The zero-order valence-electron chi connectivity index (χ0n) is 14.2. The Balaban J connectivity index is 1.33. The fraction of sp³-hybridized carbons (Fsp3) is 0.550. The molecule has 3 aliphatic rings. The topological polar surface area (TPSA) is 51.9 Å². The number of fused-ring (bicyclic) bond motifs is 2. The normalized spacial score (nSPS) is 29.1. The lowest BCUT2D eigenvalue weighted by Gasteiger charge is -2.38. The molecule has 132 valence electrons. The molecule has 5 nitrogen and oxygen atoms in total. The third kappa shape index (κ3) is 2.85. The van der Waals surface area contributed by atoms with Crippen LogP contribution in [0.5, 0.6) is 0 Å². The van der Waals surface area contributed by atoms with Crippen LogP contribution in [0.2, 0.25) is 0 Å². The zero-order valence-corrected chi connectivity index (χ0v) is 14.2. The number of hydrogen-bond acceptors (Lipinski definition) is 4. The molecule has 1 aromatic heterocycles. The van der Waals surface area contributed by atoms with Crippen LogP contribution in [0.25, 0.3) is 11.0 Å². The summed E-state index contributed by atoms with van der Waals surface area (Å²) in [6.45, 7) is 2.03. The summed E-state index contributed by atoms with van der Waals surface area (Å²) >= 11 is 0. The van der Waals surface area contributed by atoms with Crippen LogP contribution < -0.4 is 0 Å². The first-order valence-electron chi connectivity index (χ1n) is 9.32. The van der Waals surface area contributed by atoms with Gasteiger partial charge >= 0.3 is 0 Å². The van der Waals surface area contributed by atoms with Crippen LogP contribution in [0.4, 0.5) is 0 Å². The molecule has 5 heteroatoms. The van der Waals surface area contributed by atoms with Gasteiger partial charge in [0.25, 0.3) is 5.91 Å². The summed E-state index contributed by atoms with van der Waals surface area (Å²) < 4.78 is 17.9. The van der Waals surface area contributed by atoms with E-state index in [1.54, 1.807) is 0 Å². The molecule has 2 saturated carbocycles. The Morgan fingerprint density at radius 2 is 2.08 bits per heavy atom. The molecule has 1 amide bonds. The van der Waals surface area contributed by atoms with Gasteiger partial charge in [-0.2, -0.15) is 0 Å². The van der Waals surface area contributed by atoms with Gasteiger partial charge in [-0.3, -0.25) is 4.79 Å². The average Bonchev–Trinajstić information content (AvgIpc) is 3.22. The molecular weight excluding hydrogens is 318 g/mol. The number of carbonyl (C=O) groups excluding carboxylic acids is 1. The van der Waals surface area contributed by atoms with Gasteiger partial charge in [0, 0.05) is 18.5 Å². The standard InChI is InChI=1S/C20H23NO4/c22-20(18-11-14-3-1-2-4-16(14)25-18)21-9-10-23-19-15(21)7-8-17(19)24-12-13-5-6-13/h1-4,11,13,15,17,19H,5-10,12H2/t15-,17-,19+/m0/s1. The van der Waals surface area contributed by atoms with Crippen molar-refractivity contribution in [3.8, 4) is 0 Å². The number of nitrogens with zero attached hydrogens (tertiary/aromatic N) is 1. The highest BCUT2D eigenvalue weighted by Gasteiger charge is 2.46. The van der Waals surface area contributed by atoms with Crippen molar-refractivity contribution in [3.05, 3.63) is 36.1 Å². The average molecular weight is 341 g/mol. The van der Waals surface area contributed by atoms with E-state index in [4.69, 9.17) is 13.9 Å². The van der Waals surface area contributed by atoms with Gasteiger partial charge in [0.2, 0.25) is 0 Å². The van der Waals surface area contributed by atoms with E-state index in [-0.39, 0.29) is 24.2 Å². The van der Waals surface area contributed by atoms with Crippen molar-refractivity contribution in [3.63, 3.8) is 0 Å². The maximum Gasteiger partial charge on any atom is 0.290 e. The number of morpholine rings is 1. The largest absolute Gasteiger partial charge is 0.451 e. The van der Waals surface area contributed by atoms with E-state index in [0.717, 1.165) is 36.3 Å². The summed E-state index contributed by atoms with van der Waals surface area (Å²) in [6, 6.07) is 9.68. The molecule has 0 radical (unpaired) electrons. The minimum atomic E-state index is -0.0302. The van der Waals surface area contributed by atoms with Gasteiger partial charge in [-0.05, 0) is 43.7 Å². The van der Waals surface area contributed by atoms with Crippen molar-refractivity contribution in [1.29, 1.82) is 0 Å². The van der Waals surface area contributed by atoms with Crippen LogP contribution >= 0.6 is 0 Å². The van der Waals surface area contributed by atoms with Crippen LogP contribution in [-0.2, 0) is 9.47 Å². The van der Waals surface area contributed by atoms with E-state index in [1.807, 2.05) is 35.2 Å². The Morgan fingerprint density at radius 1 is 1.20 bits per heavy atom. The van der Waals surface area contributed by atoms with Gasteiger partial charge in [-0.15, -0.1) is 0 Å². The first-order valence-corrected chi connectivity index (χ1v) is 9.32. The molecule has 0 bridgehead atoms. The second kappa shape index (κ2) is 6.15. The summed E-state index contributed by atoms with van der Waals surface area (Å²) in [5.41, 5.74) is 0.757. The number of rotatable bonds is 4. The van der Waals surface area contributed by atoms with Gasteiger partial charge in [0.1, 0.15) is 11.7 Å². The first kappa shape index (κ1) is 15.4. The highest BCUT2D eigenvalue weighted by Crippen LogP contribution is 2.36. The SMILES string of the molecule is O=C(c1cc2ccccc2o1)N1CCO[C@H]2[C@@H](OCC3CC3)CC[C@@H]21. The van der Waals surface area contributed by atoms with Gasteiger partial charge in [-0.1, -0.05) is 18.2 Å². The van der Waals surface area contributed by atoms with Gasteiger partial charge in [-0.25, -0.2) is 0 Å². The van der Waals surface area contributed by atoms with Crippen molar-refractivity contribution < 1.29 is 18.7 Å². The molecule has 1 aromatic carbocycles. The second-order valence-corrected chi connectivity index (χ2v) is 7.44. The Labute approximate surface area is 146 Å². The van der Waals surface area contributed by atoms with Crippen LogP contribution in [0, 0.1) is 5.92 Å². The highest BCUT2D eigenvalue weighted by molar-refractivity contribution is 5.96. The summed E-state index contributed by atoms with van der Waals surface area (Å²) in [5.74, 6) is 1.14. The van der Waals surface area contributed by atoms with E-state index in [0.29, 0.717) is 18.9 Å². The van der Waals surface area contributed by atoms with Crippen molar-refractivity contribution in [1.82, 2.24) is 4.90 Å². The summed E-state index contributed by atoms with van der Waals surface area (Å²) in [6.07, 6.45) is 4.60. The molecule has 0 N–H and O–H groups in total. The maximum absolute atomic E-state index is 13.0. The summed E-state index contributed by atoms with van der Waals surface area (Å²) in [4.78, 5) is 15.0. The number of ether oxygens (including phenoxy) is 2. The van der Waals surface area contributed by atoms with Gasteiger partial charge in [0.15, 0.2) is 5.76 Å². The summed E-state index contributed by atoms with van der Waals surface area (Å²) in [5, 5.41) is 0.965. The molecule has 3 atom stereocenters. The quantitative estimate of drug-likeness (QED) is 0.857. The molecule has 3 fully saturated rings. The van der Waals surface area contributed by atoms with Gasteiger partial charge in [0.05, 0.1) is 18.8 Å². The van der Waals surface area contributed by atoms with E-state index < -0.39 is 0 Å². The third-order valence-corrected chi connectivity index (χ3v) is 5.68. The molecule has 25 heavy (non-hydrogen) atoms. The predicted molar refractivity (Wildman–Crippen MR) is 92.5 cm³/mol. The molecule has 1 saturated heterocycles. The minimum absolute atomic E-state index is 0.000767. The van der Waals surface area contributed by atoms with E-state index in [2.05, 4.69) is 0 Å². The minimum Gasteiger partial charge on any atom is -0.451 e. The Morgan fingerprint density at radius 3 is 2.92 bits per heavy atom. The van der Waals surface area contributed by atoms with Crippen molar-refractivity contribution >= 4 is 16.9 Å². The van der Waals surface area contributed by atoms with E-state index in [9.17, 15) is 4.79 Å². The van der Waals surface area contributed by atoms with Crippen LogP contribution in [0.3, 0.4) is 0 Å². The molecule has 0 spiro atoms. The molecule has 5 rings (SSSR count). The second-order valence-electron chi connectivity index (χ2n) is 7.44. The lowest BCUT2D eigenvalue weighted by Crippen LogP contribution is -2.53. The molecule has 2 heterocycles. The molecule has 2 aliphatic carbocycles. The van der Waals surface area contributed by atoms with Crippen LogP contribution in [0.15, 0.2) is 34.7 Å².